The zero-order valence-electron chi connectivity index (χ0n) is 15.8. The number of carbonyl (C=O) groups is 1. The predicted octanol–water partition coefficient (Wildman–Crippen LogP) is 2.66. The van der Waals surface area contributed by atoms with Crippen LogP contribution in [0, 0.1) is 0 Å². The summed E-state index contributed by atoms with van der Waals surface area (Å²) in [6.45, 7) is 2.81. The maximum Gasteiger partial charge on any atom is 0.332 e. The molecule has 0 aromatic carbocycles. The fraction of sp³-hybridized carbons (Fsp3) is 0.450. The SMILES string of the molecule is CCC1CCCCN1C(=O)Cn1c(=O)n(Cc2ccco2)c(=O)c2sccc21. The van der Waals surface area contributed by atoms with Gasteiger partial charge in [0.25, 0.3) is 5.56 Å². The minimum absolute atomic E-state index is 0.0496. The monoisotopic (exact) mass is 401 g/mol. The molecule has 1 saturated heterocycles. The van der Waals surface area contributed by atoms with Crippen molar-refractivity contribution in [1.82, 2.24) is 14.0 Å². The number of fused-ring (bicyclic) bond motifs is 1. The summed E-state index contributed by atoms with van der Waals surface area (Å²) in [6, 6.07) is 5.40. The number of hydrogen-bond donors (Lipinski definition) is 0. The van der Waals surface area contributed by atoms with Crippen molar-refractivity contribution in [2.75, 3.05) is 6.54 Å². The first-order valence-corrected chi connectivity index (χ1v) is 10.5. The molecule has 0 aliphatic carbocycles. The molecule has 1 aliphatic heterocycles. The first-order valence-electron chi connectivity index (χ1n) is 9.63. The lowest BCUT2D eigenvalue weighted by molar-refractivity contribution is -0.135. The van der Waals surface area contributed by atoms with Gasteiger partial charge in [-0.2, -0.15) is 0 Å². The van der Waals surface area contributed by atoms with Crippen molar-refractivity contribution in [2.45, 2.75) is 51.7 Å². The van der Waals surface area contributed by atoms with Gasteiger partial charge >= 0.3 is 5.69 Å². The minimum Gasteiger partial charge on any atom is -0.467 e. The summed E-state index contributed by atoms with van der Waals surface area (Å²) in [5, 5.41) is 1.78. The molecule has 0 N–H and O–H groups in total. The number of aromatic nitrogens is 2. The van der Waals surface area contributed by atoms with Crippen LogP contribution in [0.15, 0.2) is 43.8 Å². The highest BCUT2D eigenvalue weighted by Gasteiger charge is 2.26. The second kappa shape index (κ2) is 7.79. The number of amides is 1. The molecule has 7 nitrogen and oxygen atoms in total. The quantitative estimate of drug-likeness (QED) is 0.659. The standard InChI is InChI=1S/C20H23N3O4S/c1-2-14-6-3-4-9-21(14)17(24)13-22-16-8-11-28-18(16)19(25)23(20(22)26)12-15-7-5-10-27-15/h5,7-8,10-11,14H,2-4,6,9,12-13H2,1H3. The molecule has 1 amide bonds. The Bertz CT molecular complexity index is 1090. The summed E-state index contributed by atoms with van der Waals surface area (Å²) in [5.41, 5.74) is -0.306. The molecule has 8 heteroatoms. The van der Waals surface area contributed by atoms with Crippen LogP contribution < -0.4 is 11.2 Å². The largest absolute Gasteiger partial charge is 0.467 e. The number of thiophene rings is 1. The van der Waals surface area contributed by atoms with Gasteiger partial charge in [-0.3, -0.25) is 18.7 Å². The second-order valence-electron chi connectivity index (χ2n) is 7.12. The zero-order chi connectivity index (χ0) is 19.7. The van der Waals surface area contributed by atoms with Crippen LogP contribution in [0.3, 0.4) is 0 Å². The second-order valence-corrected chi connectivity index (χ2v) is 8.04. The maximum absolute atomic E-state index is 13.1. The lowest BCUT2D eigenvalue weighted by Crippen LogP contribution is -2.47. The molecule has 28 heavy (non-hydrogen) atoms. The Kier molecular flexibility index (Phi) is 5.21. The number of nitrogens with zero attached hydrogens (tertiary/aromatic N) is 3. The fourth-order valence-electron chi connectivity index (χ4n) is 3.96. The maximum atomic E-state index is 13.1. The Morgan fingerprint density at radius 3 is 2.86 bits per heavy atom. The van der Waals surface area contributed by atoms with Crippen molar-refractivity contribution in [3.05, 3.63) is 56.4 Å². The van der Waals surface area contributed by atoms with E-state index < -0.39 is 5.69 Å². The number of likely N-dealkylation sites (tertiary alicyclic amines) is 1. The first-order chi connectivity index (χ1) is 13.6. The lowest BCUT2D eigenvalue weighted by atomic mass is 10.00. The summed E-state index contributed by atoms with van der Waals surface area (Å²) < 4.78 is 8.36. The zero-order valence-corrected chi connectivity index (χ0v) is 16.6. The molecular weight excluding hydrogens is 378 g/mol. The van der Waals surface area contributed by atoms with Crippen LogP contribution in [0.1, 0.15) is 38.4 Å². The molecule has 148 valence electrons. The number of furan rings is 1. The first kappa shape index (κ1) is 18.7. The van der Waals surface area contributed by atoms with Gasteiger partial charge in [0.1, 0.15) is 17.0 Å². The van der Waals surface area contributed by atoms with Crippen molar-refractivity contribution < 1.29 is 9.21 Å². The smallest absolute Gasteiger partial charge is 0.332 e. The lowest BCUT2D eigenvalue weighted by Gasteiger charge is -2.35. The summed E-state index contributed by atoms with van der Waals surface area (Å²) >= 11 is 1.28. The molecule has 4 rings (SSSR count). The fourth-order valence-corrected chi connectivity index (χ4v) is 4.81. The van der Waals surface area contributed by atoms with Gasteiger partial charge in [0.2, 0.25) is 5.91 Å². The molecular formula is C20H23N3O4S. The summed E-state index contributed by atoms with van der Waals surface area (Å²) in [4.78, 5) is 40.8. The van der Waals surface area contributed by atoms with Gasteiger partial charge in [-0.1, -0.05) is 6.92 Å². The normalized spacial score (nSPS) is 17.3. The topological polar surface area (TPSA) is 77.5 Å². The highest BCUT2D eigenvalue weighted by atomic mass is 32.1. The van der Waals surface area contributed by atoms with Crippen molar-refractivity contribution in [1.29, 1.82) is 0 Å². The Labute approximate surface area is 165 Å². The van der Waals surface area contributed by atoms with Gasteiger partial charge in [0.15, 0.2) is 0 Å². The third-order valence-corrected chi connectivity index (χ3v) is 6.33. The summed E-state index contributed by atoms with van der Waals surface area (Å²) in [5.74, 6) is 0.458. The van der Waals surface area contributed by atoms with E-state index in [2.05, 4.69) is 6.92 Å². The Morgan fingerprint density at radius 1 is 1.25 bits per heavy atom. The van der Waals surface area contributed by atoms with Crippen LogP contribution in [-0.4, -0.2) is 32.5 Å². The van der Waals surface area contributed by atoms with Gasteiger partial charge in [0.05, 0.1) is 18.3 Å². The molecule has 1 aliphatic rings. The number of rotatable bonds is 5. The number of piperidine rings is 1. The Morgan fingerprint density at radius 2 is 2.11 bits per heavy atom. The van der Waals surface area contributed by atoms with E-state index in [4.69, 9.17) is 4.42 Å². The van der Waals surface area contributed by atoms with E-state index in [-0.39, 0.29) is 30.6 Å². The summed E-state index contributed by atoms with van der Waals surface area (Å²) in [7, 11) is 0. The van der Waals surface area contributed by atoms with Gasteiger partial charge in [0, 0.05) is 12.6 Å². The van der Waals surface area contributed by atoms with Crippen molar-refractivity contribution in [2.24, 2.45) is 0 Å². The predicted molar refractivity (Wildman–Crippen MR) is 108 cm³/mol. The van der Waals surface area contributed by atoms with Crippen LogP contribution in [0.4, 0.5) is 0 Å². The van der Waals surface area contributed by atoms with E-state index in [9.17, 15) is 14.4 Å². The third kappa shape index (κ3) is 3.32. The number of carbonyl (C=O) groups excluding carboxylic acids is 1. The summed E-state index contributed by atoms with van der Waals surface area (Å²) in [6.07, 6.45) is 5.54. The minimum atomic E-state index is -0.481. The molecule has 0 bridgehead atoms. The molecule has 0 radical (unpaired) electrons. The van der Waals surface area contributed by atoms with Crippen molar-refractivity contribution in [3.8, 4) is 0 Å². The molecule has 0 spiro atoms. The van der Waals surface area contributed by atoms with E-state index in [1.165, 1.54) is 22.2 Å². The molecule has 1 fully saturated rings. The highest BCUT2D eigenvalue weighted by molar-refractivity contribution is 7.17. The van der Waals surface area contributed by atoms with Crippen LogP contribution in [0.2, 0.25) is 0 Å². The molecule has 1 unspecified atom stereocenters. The van der Waals surface area contributed by atoms with Gasteiger partial charge in [-0.05, 0) is 49.3 Å². The van der Waals surface area contributed by atoms with Crippen LogP contribution in [0.25, 0.3) is 10.2 Å². The Hall–Kier alpha value is -2.61. The third-order valence-electron chi connectivity index (χ3n) is 5.44. The van der Waals surface area contributed by atoms with E-state index >= 15 is 0 Å². The van der Waals surface area contributed by atoms with E-state index in [1.807, 2.05) is 4.90 Å². The van der Waals surface area contributed by atoms with Crippen LogP contribution >= 0.6 is 11.3 Å². The van der Waals surface area contributed by atoms with Gasteiger partial charge in [-0.15, -0.1) is 11.3 Å². The molecule has 3 aromatic heterocycles. The molecule has 1 atom stereocenters. The average molecular weight is 401 g/mol. The van der Waals surface area contributed by atoms with Gasteiger partial charge < -0.3 is 9.32 Å². The molecule has 3 aromatic rings. The van der Waals surface area contributed by atoms with E-state index in [1.54, 1.807) is 23.6 Å². The van der Waals surface area contributed by atoms with E-state index in [0.29, 0.717) is 16.0 Å². The van der Waals surface area contributed by atoms with Crippen LogP contribution in [-0.2, 0) is 17.9 Å². The Balaban J connectivity index is 1.74. The van der Waals surface area contributed by atoms with Gasteiger partial charge in [-0.25, -0.2) is 4.79 Å². The van der Waals surface area contributed by atoms with Crippen molar-refractivity contribution in [3.63, 3.8) is 0 Å². The average Bonchev–Trinajstić information content (AvgIpc) is 3.40. The van der Waals surface area contributed by atoms with Crippen LogP contribution in [0.5, 0.6) is 0 Å². The van der Waals surface area contributed by atoms with E-state index in [0.717, 1.165) is 36.8 Å². The molecule has 0 saturated carbocycles. The van der Waals surface area contributed by atoms with Crippen molar-refractivity contribution >= 4 is 27.5 Å². The number of hydrogen-bond acceptors (Lipinski definition) is 5. The molecule has 4 heterocycles. The highest BCUT2D eigenvalue weighted by Crippen LogP contribution is 2.21.